The molecule has 3 rings (SSSR count). The van der Waals surface area contributed by atoms with Gasteiger partial charge in [0.2, 0.25) is 0 Å². The number of carboxylic acid groups (broad SMARTS) is 1. The van der Waals surface area contributed by atoms with Crippen LogP contribution in [0.25, 0.3) is 0 Å². The monoisotopic (exact) mass is 347 g/mol. The maximum Gasteiger partial charge on any atom is 0.303 e. The highest BCUT2D eigenvalue weighted by Crippen LogP contribution is 2.37. The normalized spacial score (nSPS) is 15.8. The first-order valence-corrected chi connectivity index (χ1v) is 8.20. The van der Waals surface area contributed by atoms with Crippen molar-refractivity contribution in [2.75, 3.05) is 13.2 Å². The van der Waals surface area contributed by atoms with Gasteiger partial charge in [-0.15, -0.1) is 0 Å². The van der Waals surface area contributed by atoms with Gasteiger partial charge in [0.05, 0.1) is 17.6 Å². The third-order valence-corrected chi connectivity index (χ3v) is 4.24. The molecule has 0 saturated carbocycles. The molecule has 2 aromatic rings. The third kappa shape index (κ3) is 4.17. The molecule has 1 N–H and O–H groups in total. The molecule has 0 aliphatic heterocycles. The SMILES string of the molecule is O=C(O)C[C@@H]1CCc2cc(OCCOc3cncc(Cl)c3)ccc21. The number of aryl methyl sites for hydroxylation is 1. The number of nitrogens with zero attached hydrogens (tertiary/aromatic N) is 1. The molecule has 1 aliphatic carbocycles. The average Bonchev–Trinajstić information content (AvgIpc) is 2.93. The van der Waals surface area contributed by atoms with Crippen LogP contribution in [-0.4, -0.2) is 29.3 Å². The second-order valence-corrected chi connectivity index (χ2v) is 6.17. The summed E-state index contributed by atoms with van der Waals surface area (Å²) in [4.78, 5) is 14.8. The van der Waals surface area contributed by atoms with E-state index in [1.807, 2.05) is 18.2 Å². The lowest BCUT2D eigenvalue weighted by atomic mass is 9.98. The highest BCUT2D eigenvalue weighted by atomic mass is 35.5. The lowest BCUT2D eigenvalue weighted by Crippen LogP contribution is -2.09. The Morgan fingerprint density at radius 3 is 2.75 bits per heavy atom. The second kappa shape index (κ2) is 7.53. The highest BCUT2D eigenvalue weighted by Gasteiger charge is 2.24. The maximum absolute atomic E-state index is 10.9. The van der Waals surface area contributed by atoms with Gasteiger partial charge in [-0.25, -0.2) is 0 Å². The van der Waals surface area contributed by atoms with Gasteiger partial charge >= 0.3 is 5.97 Å². The smallest absolute Gasteiger partial charge is 0.303 e. The van der Waals surface area contributed by atoms with Crippen molar-refractivity contribution in [3.05, 3.63) is 52.8 Å². The lowest BCUT2D eigenvalue weighted by Gasteiger charge is -2.11. The molecule has 0 fully saturated rings. The molecule has 1 aromatic carbocycles. The Morgan fingerprint density at radius 2 is 2.00 bits per heavy atom. The molecule has 6 heteroatoms. The summed E-state index contributed by atoms with van der Waals surface area (Å²) in [6.07, 6.45) is 5.12. The summed E-state index contributed by atoms with van der Waals surface area (Å²) in [5, 5.41) is 9.49. The zero-order valence-corrected chi connectivity index (χ0v) is 13.8. The molecule has 0 saturated heterocycles. The molecular formula is C18H18ClNO4. The summed E-state index contributed by atoms with van der Waals surface area (Å²) in [5.41, 5.74) is 2.31. The molecule has 5 nitrogen and oxygen atoms in total. The van der Waals surface area contributed by atoms with E-state index >= 15 is 0 Å². The first-order chi connectivity index (χ1) is 11.6. The predicted molar refractivity (Wildman–Crippen MR) is 90.0 cm³/mol. The minimum atomic E-state index is -0.749. The van der Waals surface area contributed by atoms with Crippen molar-refractivity contribution >= 4 is 17.6 Å². The number of pyridine rings is 1. The second-order valence-electron chi connectivity index (χ2n) is 5.73. The lowest BCUT2D eigenvalue weighted by molar-refractivity contribution is -0.137. The Bertz CT molecular complexity index is 735. The van der Waals surface area contributed by atoms with E-state index in [1.165, 1.54) is 5.56 Å². The fraction of sp³-hybridized carbons (Fsp3) is 0.333. The van der Waals surface area contributed by atoms with Gasteiger partial charge in [0, 0.05) is 12.3 Å². The number of benzene rings is 1. The van der Waals surface area contributed by atoms with E-state index in [4.69, 9.17) is 26.2 Å². The van der Waals surface area contributed by atoms with E-state index in [1.54, 1.807) is 18.5 Å². The van der Waals surface area contributed by atoms with E-state index < -0.39 is 5.97 Å². The van der Waals surface area contributed by atoms with E-state index in [0.29, 0.717) is 24.0 Å². The molecule has 0 bridgehead atoms. The molecule has 0 radical (unpaired) electrons. The van der Waals surface area contributed by atoms with Gasteiger partial charge in [-0.2, -0.15) is 0 Å². The van der Waals surface area contributed by atoms with Crippen LogP contribution in [0.15, 0.2) is 36.7 Å². The van der Waals surface area contributed by atoms with Gasteiger partial charge in [0.25, 0.3) is 0 Å². The van der Waals surface area contributed by atoms with Crippen molar-refractivity contribution in [1.29, 1.82) is 0 Å². The van der Waals surface area contributed by atoms with Crippen LogP contribution >= 0.6 is 11.6 Å². The Balaban J connectivity index is 1.51. The summed E-state index contributed by atoms with van der Waals surface area (Å²) in [7, 11) is 0. The predicted octanol–water partition coefficient (Wildman–Crippen LogP) is 3.70. The summed E-state index contributed by atoms with van der Waals surface area (Å²) >= 11 is 5.84. The number of fused-ring (bicyclic) bond motifs is 1. The molecule has 1 atom stereocenters. The first-order valence-electron chi connectivity index (χ1n) is 7.82. The number of rotatable bonds is 7. The van der Waals surface area contributed by atoms with Crippen molar-refractivity contribution in [3.8, 4) is 11.5 Å². The first kappa shape index (κ1) is 16.6. The molecule has 1 heterocycles. The number of ether oxygens (including phenoxy) is 2. The minimum Gasteiger partial charge on any atom is -0.490 e. The standard InChI is InChI=1S/C18H18ClNO4/c19-14-9-16(11-20-10-14)24-6-5-23-15-3-4-17-12(7-15)1-2-13(17)8-18(21)22/h3-4,7,9-11,13H,1-2,5-6,8H2,(H,21,22)/t13-/m0/s1. The van der Waals surface area contributed by atoms with Gasteiger partial charge in [-0.1, -0.05) is 17.7 Å². The van der Waals surface area contributed by atoms with Crippen LogP contribution in [0.2, 0.25) is 5.02 Å². The molecule has 24 heavy (non-hydrogen) atoms. The van der Waals surface area contributed by atoms with E-state index in [2.05, 4.69) is 4.98 Å². The number of aliphatic carboxylic acids is 1. The summed E-state index contributed by atoms with van der Waals surface area (Å²) < 4.78 is 11.2. The molecule has 0 unspecified atom stereocenters. The molecule has 1 aromatic heterocycles. The highest BCUT2D eigenvalue weighted by molar-refractivity contribution is 6.30. The van der Waals surface area contributed by atoms with Gasteiger partial charge in [-0.3, -0.25) is 9.78 Å². The number of carboxylic acids is 1. The summed E-state index contributed by atoms with van der Waals surface area (Å²) in [6, 6.07) is 7.57. The van der Waals surface area contributed by atoms with Crippen LogP contribution in [0, 0.1) is 0 Å². The van der Waals surface area contributed by atoms with E-state index in [9.17, 15) is 4.79 Å². The van der Waals surface area contributed by atoms with Crippen molar-refractivity contribution < 1.29 is 19.4 Å². The molecule has 0 amide bonds. The Kier molecular flexibility index (Phi) is 5.20. The van der Waals surface area contributed by atoms with E-state index in [0.717, 1.165) is 24.2 Å². The van der Waals surface area contributed by atoms with Gasteiger partial charge in [0.15, 0.2) is 0 Å². The van der Waals surface area contributed by atoms with Crippen LogP contribution in [0.5, 0.6) is 11.5 Å². The van der Waals surface area contributed by atoms with Crippen LogP contribution < -0.4 is 9.47 Å². The quantitative estimate of drug-likeness (QED) is 0.773. The fourth-order valence-corrected chi connectivity index (χ4v) is 3.15. The Labute approximate surface area is 145 Å². The van der Waals surface area contributed by atoms with Gasteiger partial charge < -0.3 is 14.6 Å². The van der Waals surface area contributed by atoms with Crippen LogP contribution in [0.4, 0.5) is 0 Å². The van der Waals surface area contributed by atoms with Crippen molar-refractivity contribution in [2.24, 2.45) is 0 Å². The maximum atomic E-state index is 10.9. The van der Waals surface area contributed by atoms with Crippen molar-refractivity contribution in [1.82, 2.24) is 4.98 Å². The molecule has 126 valence electrons. The fourth-order valence-electron chi connectivity index (χ4n) is 2.99. The Hall–Kier alpha value is -2.27. The molecule has 0 spiro atoms. The number of hydrogen-bond acceptors (Lipinski definition) is 4. The molecule has 1 aliphatic rings. The Morgan fingerprint density at radius 1 is 1.21 bits per heavy atom. The molecular weight excluding hydrogens is 330 g/mol. The number of carbonyl (C=O) groups is 1. The van der Waals surface area contributed by atoms with Crippen molar-refractivity contribution in [2.45, 2.75) is 25.2 Å². The van der Waals surface area contributed by atoms with Crippen LogP contribution in [-0.2, 0) is 11.2 Å². The summed E-state index contributed by atoms with van der Waals surface area (Å²) in [6.45, 7) is 0.796. The topological polar surface area (TPSA) is 68.7 Å². The van der Waals surface area contributed by atoms with Gasteiger partial charge in [0.1, 0.15) is 24.7 Å². The van der Waals surface area contributed by atoms with Crippen LogP contribution in [0.1, 0.15) is 29.9 Å². The summed E-state index contributed by atoms with van der Waals surface area (Å²) in [5.74, 6) is 0.750. The number of hydrogen-bond donors (Lipinski definition) is 1. The largest absolute Gasteiger partial charge is 0.490 e. The third-order valence-electron chi connectivity index (χ3n) is 4.04. The average molecular weight is 348 g/mol. The van der Waals surface area contributed by atoms with Crippen LogP contribution in [0.3, 0.4) is 0 Å². The number of aromatic nitrogens is 1. The zero-order chi connectivity index (χ0) is 16.9. The van der Waals surface area contributed by atoms with Gasteiger partial charge in [-0.05, 0) is 42.0 Å². The van der Waals surface area contributed by atoms with Crippen molar-refractivity contribution in [3.63, 3.8) is 0 Å². The zero-order valence-electron chi connectivity index (χ0n) is 13.1. The minimum absolute atomic E-state index is 0.116. The van der Waals surface area contributed by atoms with E-state index in [-0.39, 0.29) is 12.3 Å². The number of halogens is 1.